The van der Waals surface area contributed by atoms with Crippen LogP contribution in [0.15, 0.2) is 54.7 Å². The topological polar surface area (TPSA) is 238 Å². The number of imidazole rings is 1. The minimum Gasteiger partial charge on any atom is -0.506 e. The molecule has 0 aliphatic heterocycles. The van der Waals surface area contributed by atoms with Crippen molar-refractivity contribution in [3.8, 4) is 23.0 Å². The van der Waals surface area contributed by atoms with E-state index in [1.165, 1.54) is 12.1 Å². The van der Waals surface area contributed by atoms with Gasteiger partial charge in [0.15, 0.2) is 5.82 Å². The van der Waals surface area contributed by atoms with Crippen LogP contribution in [0.25, 0.3) is 44.5 Å². The summed E-state index contributed by atoms with van der Waals surface area (Å²) in [6, 6.07) is 9.68. The molecular weight excluding hydrogens is 745 g/mol. The maximum absolute atomic E-state index is 13.6. The molecule has 3 amide bonds. The lowest BCUT2D eigenvalue weighted by molar-refractivity contribution is 0.0991. The number of carbonyl (C=O) groups excluding carboxylic acids is 3. The molecule has 0 saturated carbocycles. The minimum atomic E-state index is -0.739. The number of fused-ring (bicyclic) bond motifs is 4. The molecule has 0 bridgehead atoms. The molecule has 0 fully saturated rings. The molecule has 5 aromatic heterocycles. The van der Waals surface area contributed by atoms with E-state index < -0.39 is 17.7 Å². The van der Waals surface area contributed by atoms with Crippen molar-refractivity contribution in [2.75, 3.05) is 25.6 Å². The molecule has 0 spiro atoms. The summed E-state index contributed by atoms with van der Waals surface area (Å²) in [6.45, 7) is 9.87. The van der Waals surface area contributed by atoms with Crippen LogP contribution in [0.5, 0.6) is 11.5 Å². The molecule has 0 atom stereocenters. The van der Waals surface area contributed by atoms with Gasteiger partial charge in [-0.3, -0.25) is 29.1 Å². The number of carbonyl (C=O) groups is 3. The van der Waals surface area contributed by atoms with Crippen LogP contribution < -0.4 is 21.5 Å². The first-order valence-corrected chi connectivity index (χ1v) is 18.7. The number of benzene rings is 2. The van der Waals surface area contributed by atoms with Crippen molar-refractivity contribution in [1.29, 1.82) is 0 Å². The van der Waals surface area contributed by atoms with Gasteiger partial charge in [-0.15, -0.1) is 0 Å². The number of phenolic OH excluding ortho intramolecular Hbond substituents is 1. The summed E-state index contributed by atoms with van der Waals surface area (Å²) in [5.74, 6) is -1.01. The summed E-state index contributed by atoms with van der Waals surface area (Å²) < 4.78 is 18.5. The SMILES string of the molecule is CCn1nc(C)cc1C(=O)Nc1nc2cc(C(N)=O)cc(O)c2n1C/C=C/Cn1c2nc(-c3cc(C)nn3CC)ncc2c2cc(C(N)=O)cc(OCCCOC)c21. The molecule has 58 heavy (non-hydrogen) atoms. The fourth-order valence-electron chi connectivity index (χ4n) is 7.03. The number of anilines is 1. The fraction of sp³-hybridized carbons (Fsp3) is 0.300. The van der Waals surface area contributed by atoms with Gasteiger partial charge >= 0.3 is 0 Å². The number of hydrogen-bond acceptors (Lipinski definition) is 11. The third-order valence-corrected chi connectivity index (χ3v) is 9.63. The molecule has 18 nitrogen and oxygen atoms in total. The van der Waals surface area contributed by atoms with E-state index in [9.17, 15) is 19.5 Å². The molecule has 300 valence electrons. The van der Waals surface area contributed by atoms with E-state index in [0.717, 1.165) is 11.4 Å². The highest BCUT2D eigenvalue weighted by Crippen LogP contribution is 2.37. The highest BCUT2D eigenvalue weighted by Gasteiger charge is 2.23. The number of ether oxygens (including phenoxy) is 2. The number of allylic oxidation sites excluding steroid dienone is 2. The number of aromatic hydroxyl groups is 1. The fourth-order valence-corrected chi connectivity index (χ4v) is 7.03. The van der Waals surface area contributed by atoms with Gasteiger partial charge in [-0.2, -0.15) is 10.2 Å². The lowest BCUT2D eigenvalue weighted by Crippen LogP contribution is -2.19. The van der Waals surface area contributed by atoms with E-state index in [-0.39, 0.29) is 46.9 Å². The molecule has 2 aromatic carbocycles. The first kappa shape index (κ1) is 39.2. The highest BCUT2D eigenvalue weighted by atomic mass is 16.5. The second-order valence-corrected chi connectivity index (χ2v) is 13.6. The smallest absolute Gasteiger partial charge is 0.276 e. The lowest BCUT2D eigenvalue weighted by atomic mass is 10.1. The van der Waals surface area contributed by atoms with Gasteiger partial charge < -0.3 is 35.2 Å². The first-order valence-electron chi connectivity index (χ1n) is 18.7. The Morgan fingerprint density at radius 2 is 1.52 bits per heavy atom. The van der Waals surface area contributed by atoms with Crippen LogP contribution >= 0.6 is 0 Å². The van der Waals surface area contributed by atoms with E-state index in [4.69, 9.17) is 30.9 Å². The molecular formula is C40H44N12O6. The van der Waals surface area contributed by atoms with Crippen molar-refractivity contribution in [2.24, 2.45) is 11.5 Å². The number of aryl methyl sites for hydroxylation is 4. The Hall–Kier alpha value is -7.08. The van der Waals surface area contributed by atoms with E-state index in [1.54, 1.807) is 47.7 Å². The van der Waals surface area contributed by atoms with Gasteiger partial charge in [-0.1, -0.05) is 12.2 Å². The largest absolute Gasteiger partial charge is 0.506 e. The predicted molar refractivity (Wildman–Crippen MR) is 217 cm³/mol. The zero-order chi connectivity index (χ0) is 41.2. The van der Waals surface area contributed by atoms with Crippen LogP contribution in [0.4, 0.5) is 5.95 Å². The normalized spacial score (nSPS) is 11.7. The zero-order valence-electron chi connectivity index (χ0n) is 32.8. The Balaban J connectivity index is 1.32. The number of nitrogens with one attached hydrogen (secondary N) is 1. The van der Waals surface area contributed by atoms with E-state index >= 15 is 0 Å². The lowest BCUT2D eigenvalue weighted by Gasteiger charge is -2.12. The number of primary amides is 2. The summed E-state index contributed by atoms with van der Waals surface area (Å²) >= 11 is 0. The molecule has 5 heterocycles. The van der Waals surface area contributed by atoms with Crippen LogP contribution in [0.1, 0.15) is 62.9 Å². The van der Waals surface area contributed by atoms with Gasteiger partial charge in [0.25, 0.3) is 5.91 Å². The summed E-state index contributed by atoms with van der Waals surface area (Å²) in [7, 11) is 1.62. The highest BCUT2D eigenvalue weighted by molar-refractivity contribution is 6.12. The maximum Gasteiger partial charge on any atom is 0.276 e. The Kier molecular flexibility index (Phi) is 10.9. The van der Waals surface area contributed by atoms with Gasteiger partial charge in [0.05, 0.1) is 29.0 Å². The van der Waals surface area contributed by atoms with Crippen LogP contribution in [0, 0.1) is 13.8 Å². The molecule has 18 heteroatoms. The maximum atomic E-state index is 13.6. The number of hydrogen-bond donors (Lipinski definition) is 4. The molecule has 0 aliphatic rings. The second kappa shape index (κ2) is 16.2. The predicted octanol–water partition coefficient (Wildman–Crippen LogP) is 4.48. The van der Waals surface area contributed by atoms with Crippen LogP contribution in [0.3, 0.4) is 0 Å². The number of phenols is 1. The van der Waals surface area contributed by atoms with Gasteiger partial charge in [-0.05, 0) is 64.1 Å². The number of methoxy groups -OCH3 is 1. The minimum absolute atomic E-state index is 0.0624. The van der Waals surface area contributed by atoms with Gasteiger partial charge in [0.1, 0.15) is 34.1 Å². The van der Waals surface area contributed by atoms with Crippen molar-refractivity contribution < 1.29 is 29.0 Å². The van der Waals surface area contributed by atoms with Crippen molar-refractivity contribution >= 4 is 56.6 Å². The number of rotatable bonds is 16. The average molecular weight is 789 g/mol. The standard InChI is InChI=1S/C40H44N12O6/c1-6-51-29(15-22(3)47-51)37-43-21-27-26-17-24(35(41)54)20-32(58-14-10-13-57-5)33(26)49(38(27)45-37)11-8-9-12-50-34-28(18-25(36(42)55)19-31(34)53)44-40(50)46-39(56)30-16-23(4)48-52(30)7-2/h8-9,15-21,53H,6-7,10-14H2,1-5H3,(H2,41,54)(H2,42,55)(H,44,46,56)/b9-8+. The molecule has 0 unspecified atom stereocenters. The van der Waals surface area contributed by atoms with E-state index in [1.807, 2.05) is 48.2 Å². The van der Waals surface area contributed by atoms with Gasteiger partial charge in [0, 0.05) is 74.4 Å². The van der Waals surface area contributed by atoms with Crippen LogP contribution in [-0.2, 0) is 30.9 Å². The summed E-state index contributed by atoms with van der Waals surface area (Å²) in [5, 5.41) is 24.3. The Bertz CT molecular complexity index is 2760. The third kappa shape index (κ3) is 7.43. The quantitative estimate of drug-likeness (QED) is 0.0787. The van der Waals surface area contributed by atoms with Crippen molar-refractivity contribution in [2.45, 2.75) is 60.3 Å². The van der Waals surface area contributed by atoms with Crippen LogP contribution in [0.2, 0.25) is 0 Å². The summed E-state index contributed by atoms with van der Waals surface area (Å²) in [6.07, 6.45) is 6.09. The van der Waals surface area contributed by atoms with Gasteiger partial charge in [0.2, 0.25) is 17.8 Å². The zero-order valence-corrected chi connectivity index (χ0v) is 32.8. The Labute approximate surface area is 332 Å². The average Bonchev–Trinajstić information content (AvgIpc) is 3.96. The molecule has 0 radical (unpaired) electrons. The number of nitrogens with zero attached hydrogens (tertiary/aromatic N) is 9. The van der Waals surface area contributed by atoms with Crippen molar-refractivity contribution in [3.63, 3.8) is 0 Å². The molecule has 0 saturated heterocycles. The third-order valence-electron chi connectivity index (χ3n) is 9.63. The van der Waals surface area contributed by atoms with Crippen molar-refractivity contribution in [3.05, 3.63) is 83.0 Å². The number of nitrogens with two attached hydrogens (primary N) is 2. The molecule has 6 N–H and O–H groups in total. The summed E-state index contributed by atoms with van der Waals surface area (Å²) in [5.41, 5.74) is 16.0. The number of aromatic nitrogens is 9. The van der Waals surface area contributed by atoms with Crippen molar-refractivity contribution in [1.82, 2.24) is 43.6 Å². The van der Waals surface area contributed by atoms with E-state index in [0.29, 0.717) is 77.6 Å². The number of amides is 3. The summed E-state index contributed by atoms with van der Waals surface area (Å²) in [4.78, 5) is 52.5. The molecule has 7 rings (SSSR count). The Morgan fingerprint density at radius 3 is 2.22 bits per heavy atom. The Morgan fingerprint density at radius 1 is 0.828 bits per heavy atom. The van der Waals surface area contributed by atoms with E-state index in [2.05, 4.69) is 20.5 Å². The monoisotopic (exact) mass is 788 g/mol. The van der Waals surface area contributed by atoms with Crippen LogP contribution in [-0.4, -0.2) is 86.8 Å². The molecule has 7 aromatic rings. The van der Waals surface area contributed by atoms with Gasteiger partial charge in [-0.25, -0.2) is 15.0 Å². The second-order valence-electron chi connectivity index (χ2n) is 13.6. The molecule has 0 aliphatic carbocycles. The first-order chi connectivity index (χ1) is 27.9.